The number of Topliss-reactive ketones (excluding diaryl/α,β-unsaturated/α-hetero) is 1. The molecule has 1 saturated carbocycles. The zero-order chi connectivity index (χ0) is 8.97. The third-order valence-corrected chi connectivity index (χ3v) is 2.17. The monoisotopic (exact) mass is 170 g/mol. The number of esters is 1. The summed E-state index contributed by atoms with van der Waals surface area (Å²) in [4.78, 5) is 21.7. The average Bonchev–Trinajstić information content (AvgIpc) is 2.03. The number of rotatable bonds is 2. The van der Waals surface area contributed by atoms with Crippen molar-refractivity contribution in [2.24, 2.45) is 5.92 Å². The fourth-order valence-corrected chi connectivity index (χ4v) is 1.45. The Labute approximate surface area is 72.1 Å². The van der Waals surface area contributed by atoms with Crippen molar-refractivity contribution in [3.63, 3.8) is 0 Å². The predicted octanol–water partition coefficient (Wildman–Crippen LogP) is 1.31. The highest BCUT2D eigenvalue weighted by Gasteiger charge is 2.22. The molecule has 0 radical (unpaired) electrons. The summed E-state index contributed by atoms with van der Waals surface area (Å²) in [7, 11) is 0. The maximum absolute atomic E-state index is 11.2. The summed E-state index contributed by atoms with van der Waals surface area (Å²) in [6.45, 7) is 1.65. The maximum atomic E-state index is 11.2. The van der Waals surface area contributed by atoms with Crippen LogP contribution in [0.1, 0.15) is 32.6 Å². The second kappa shape index (κ2) is 4.24. The smallest absolute Gasteiger partial charge is 0.302 e. The van der Waals surface area contributed by atoms with Gasteiger partial charge in [0.05, 0.1) is 5.92 Å². The van der Waals surface area contributed by atoms with Crippen molar-refractivity contribution in [1.82, 2.24) is 0 Å². The van der Waals surface area contributed by atoms with Crippen LogP contribution in [-0.4, -0.2) is 18.4 Å². The number of carbonyl (C=O) groups is 2. The van der Waals surface area contributed by atoms with Crippen LogP contribution in [0.2, 0.25) is 0 Å². The minimum atomic E-state index is -0.298. The van der Waals surface area contributed by atoms with Crippen LogP contribution in [0, 0.1) is 5.92 Å². The molecule has 0 aromatic heterocycles. The molecule has 1 rings (SSSR count). The summed E-state index contributed by atoms with van der Waals surface area (Å²) in [5, 5.41) is 0. The zero-order valence-corrected chi connectivity index (χ0v) is 7.34. The first kappa shape index (κ1) is 9.23. The largest absolute Gasteiger partial charge is 0.465 e. The number of ketones is 1. The predicted molar refractivity (Wildman–Crippen MR) is 43.6 cm³/mol. The molecule has 0 unspecified atom stereocenters. The normalized spacial score (nSPS) is 23.8. The Morgan fingerprint density at radius 2 is 2.33 bits per heavy atom. The molecule has 0 bridgehead atoms. The van der Waals surface area contributed by atoms with Crippen LogP contribution in [0.4, 0.5) is 0 Å². The van der Waals surface area contributed by atoms with E-state index >= 15 is 0 Å². The van der Waals surface area contributed by atoms with E-state index in [0.29, 0.717) is 6.42 Å². The summed E-state index contributed by atoms with van der Waals surface area (Å²) in [5.74, 6) is -0.0708. The van der Waals surface area contributed by atoms with Crippen molar-refractivity contribution >= 4 is 11.8 Å². The number of hydrogen-bond acceptors (Lipinski definition) is 3. The second-order valence-corrected chi connectivity index (χ2v) is 3.21. The summed E-state index contributed by atoms with van der Waals surface area (Å²) in [6, 6.07) is 0. The fraction of sp³-hybridized carbons (Fsp3) is 0.778. The lowest BCUT2D eigenvalue weighted by Gasteiger charge is -2.19. The van der Waals surface area contributed by atoms with Crippen LogP contribution in [0.25, 0.3) is 0 Å². The molecular weight excluding hydrogens is 156 g/mol. The van der Waals surface area contributed by atoms with E-state index in [-0.39, 0.29) is 24.3 Å². The summed E-state index contributed by atoms with van der Waals surface area (Å²) >= 11 is 0. The van der Waals surface area contributed by atoms with Crippen molar-refractivity contribution in [1.29, 1.82) is 0 Å². The maximum Gasteiger partial charge on any atom is 0.302 e. The van der Waals surface area contributed by atoms with Gasteiger partial charge < -0.3 is 4.74 Å². The van der Waals surface area contributed by atoms with Gasteiger partial charge in [-0.2, -0.15) is 0 Å². The van der Waals surface area contributed by atoms with Gasteiger partial charge in [-0.3, -0.25) is 9.59 Å². The summed E-state index contributed by atoms with van der Waals surface area (Å²) in [5.41, 5.74) is 0. The Morgan fingerprint density at radius 3 is 2.92 bits per heavy atom. The van der Waals surface area contributed by atoms with E-state index in [1.54, 1.807) is 0 Å². The van der Waals surface area contributed by atoms with Gasteiger partial charge in [0.1, 0.15) is 12.4 Å². The lowest BCUT2D eigenvalue weighted by Crippen LogP contribution is -2.24. The van der Waals surface area contributed by atoms with Crippen molar-refractivity contribution in [2.45, 2.75) is 32.6 Å². The van der Waals surface area contributed by atoms with Crippen LogP contribution in [0.15, 0.2) is 0 Å². The molecule has 12 heavy (non-hydrogen) atoms. The van der Waals surface area contributed by atoms with Crippen LogP contribution < -0.4 is 0 Å². The molecule has 3 heteroatoms. The minimum Gasteiger partial charge on any atom is -0.465 e. The Kier molecular flexibility index (Phi) is 3.26. The highest BCUT2D eigenvalue weighted by molar-refractivity contribution is 5.82. The molecule has 1 aliphatic carbocycles. The van der Waals surface area contributed by atoms with E-state index in [9.17, 15) is 9.59 Å². The molecule has 0 spiro atoms. The molecule has 0 saturated heterocycles. The van der Waals surface area contributed by atoms with Crippen LogP contribution in [0.3, 0.4) is 0 Å². The van der Waals surface area contributed by atoms with Gasteiger partial charge in [0, 0.05) is 13.3 Å². The van der Waals surface area contributed by atoms with Gasteiger partial charge in [0.25, 0.3) is 0 Å². The minimum absolute atomic E-state index is 0.0253. The SMILES string of the molecule is CC(=O)OC[C@@H]1CCCCC1=O. The van der Waals surface area contributed by atoms with E-state index < -0.39 is 0 Å². The van der Waals surface area contributed by atoms with Gasteiger partial charge in [-0.05, 0) is 12.8 Å². The lowest BCUT2D eigenvalue weighted by atomic mass is 9.89. The molecule has 1 fully saturated rings. The zero-order valence-electron chi connectivity index (χ0n) is 7.34. The van der Waals surface area contributed by atoms with Crippen LogP contribution in [-0.2, 0) is 14.3 Å². The van der Waals surface area contributed by atoms with Crippen molar-refractivity contribution in [3.8, 4) is 0 Å². The topological polar surface area (TPSA) is 43.4 Å². The van der Waals surface area contributed by atoms with Crippen molar-refractivity contribution < 1.29 is 14.3 Å². The molecule has 1 aliphatic rings. The average molecular weight is 170 g/mol. The van der Waals surface area contributed by atoms with E-state index in [1.807, 2.05) is 0 Å². The van der Waals surface area contributed by atoms with Crippen LogP contribution >= 0.6 is 0 Å². The first-order valence-corrected chi connectivity index (χ1v) is 4.36. The molecular formula is C9H14O3. The Morgan fingerprint density at radius 1 is 1.58 bits per heavy atom. The fourth-order valence-electron chi connectivity index (χ4n) is 1.45. The van der Waals surface area contributed by atoms with Crippen LogP contribution in [0.5, 0.6) is 0 Å². The first-order chi connectivity index (χ1) is 5.70. The lowest BCUT2D eigenvalue weighted by molar-refractivity contribution is -0.144. The molecule has 0 aliphatic heterocycles. The summed E-state index contributed by atoms with van der Waals surface area (Å²) < 4.78 is 4.79. The van der Waals surface area contributed by atoms with E-state index in [4.69, 9.17) is 4.74 Å². The Balaban J connectivity index is 2.29. The van der Waals surface area contributed by atoms with E-state index in [1.165, 1.54) is 6.92 Å². The van der Waals surface area contributed by atoms with E-state index in [2.05, 4.69) is 0 Å². The van der Waals surface area contributed by atoms with Gasteiger partial charge in [0.15, 0.2) is 0 Å². The van der Waals surface area contributed by atoms with E-state index in [0.717, 1.165) is 19.3 Å². The molecule has 0 heterocycles. The molecule has 0 aromatic rings. The molecule has 68 valence electrons. The van der Waals surface area contributed by atoms with Gasteiger partial charge in [0.2, 0.25) is 0 Å². The Bertz CT molecular complexity index is 186. The molecule has 3 nitrogen and oxygen atoms in total. The summed E-state index contributed by atoms with van der Waals surface area (Å²) in [6.07, 6.45) is 3.62. The standard InChI is InChI=1S/C9H14O3/c1-7(10)12-6-8-4-2-3-5-9(8)11/h8H,2-6H2,1H3/t8-/m0/s1. The first-order valence-electron chi connectivity index (χ1n) is 4.36. The molecule has 0 amide bonds. The quantitative estimate of drug-likeness (QED) is 0.587. The van der Waals surface area contributed by atoms with Gasteiger partial charge in [-0.1, -0.05) is 6.42 Å². The highest BCUT2D eigenvalue weighted by atomic mass is 16.5. The number of carbonyl (C=O) groups excluding carboxylic acids is 2. The van der Waals surface area contributed by atoms with Gasteiger partial charge in [-0.15, -0.1) is 0 Å². The van der Waals surface area contributed by atoms with Crippen molar-refractivity contribution in [3.05, 3.63) is 0 Å². The molecule has 1 atom stereocenters. The Hall–Kier alpha value is -0.860. The third-order valence-electron chi connectivity index (χ3n) is 2.17. The van der Waals surface area contributed by atoms with Gasteiger partial charge >= 0.3 is 5.97 Å². The van der Waals surface area contributed by atoms with Crippen molar-refractivity contribution in [2.75, 3.05) is 6.61 Å². The highest BCUT2D eigenvalue weighted by Crippen LogP contribution is 2.20. The number of hydrogen-bond donors (Lipinski definition) is 0. The second-order valence-electron chi connectivity index (χ2n) is 3.21. The molecule has 0 aromatic carbocycles. The third kappa shape index (κ3) is 2.64. The number of ether oxygens (including phenoxy) is 1. The molecule has 0 N–H and O–H groups in total. The van der Waals surface area contributed by atoms with Gasteiger partial charge in [-0.25, -0.2) is 0 Å².